The highest BCUT2D eigenvalue weighted by Crippen LogP contribution is 2.45. The SMILES string of the molecule is CCCS(=O)(=O)CC1CC(C(C)(C)C)C1. The first kappa shape index (κ1) is 13.0. The molecule has 3 heteroatoms. The maximum Gasteiger partial charge on any atom is 0.150 e. The topological polar surface area (TPSA) is 34.1 Å². The molecule has 1 saturated carbocycles. The summed E-state index contributed by atoms with van der Waals surface area (Å²) in [6.45, 7) is 8.66. The second kappa shape index (κ2) is 4.44. The van der Waals surface area contributed by atoms with Gasteiger partial charge < -0.3 is 0 Å². The molecule has 0 aromatic heterocycles. The molecule has 1 aliphatic carbocycles. The van der Waals surface area contributed by atoms with Crippen LogP contribution < -0.4 is 0 Å². The molecule has 0 atom stereocenters. The van der Waals surface area contributed by atoms with Crippen molar-refractivity contribution in [3.05, 3.63) is 0 Å². The Balaban J connectivity index is 2.35. The highest BCUT2D eigenvalue weighted by Gasteiger charge is 2.38. The lowest BCUT2D eigenvalue weighted by Gasteiger charge is -2.43. The third-order valence-corrected chi connectivity index (χ3v) is 5.47. The van der Waals surface area contributed by atoms with E-state index in [-0.39, 0.29) is 0 Å². The van der Waals surface area contributed by atoms with Gasteiger partial charge in [-0.1, -0.05) is 27.7 Å². The average molecular weight is 232 g/mol. The molecular weight excluding hydrogens is 208 g/mol. The van der Waals surface area contributed by atoms with Crippen molar-refractivity contribution in [2.75, 3.05) is 11.5 Å². The molecule has 90 valence electrons. The van der Waals surface area contributed by atoms with Gasteiger partial charge in [-0.05, 0) is 36.5 Å². The predicted octanol–water partition coefficient (Wildman–Crippen LogP) is 2.88. The van der Waals surface area contributed by atoms with Gasteiger partial charge in [0, 0.05) is 5.75 Å². The molecule has 0 aromatic carbocycles. The molecule has 0 spiro atoms. The van der Waals surface area contributed by atoms with Crippen LogP contribution in [0.25, 0.3) is 0 Å². The predicted molar refractivity (Wildman–Crippen MR) is 64.6 cm³/mol. The zero-order chi connectivity index (χ0) is 11.7. The summed E-state index contributed by atoms with van der Waals surface area (Å²) >= 11 is 0. The van der Waals surface area contributed by atoms with E-state index < -0.39 is 9.84 Å². The highest BCUT2D eigenvalue weighted by molar-refractivity contribution is 7.91. The highest BCUT2D eigenvalue weighted by atomic mass is 32.2. The number of rotatable bonds is 4. The molecule has 0 N–H and O–H groups in total. The number of hydrogen-bond acceptors (Lipinski definition) is 2. The number of hydrogen-bond donors (Lipinski definition) is 0. The molecule has 0 bridgehead atoms. The summed E-state index contributed by atoms with van der Waals surface area (Å²) in [5, 5.41) is 0. The van der Waals surface area contributed by atoms with E-state index in [2.05, 4.69) is 20.8 Å². The molecule has 1 aliphatic rings. The first-order chi connectivity index (χ1) is 6.74. The van der Waals surface area contributed by atoms with Gasteiger partial charge in [0.2, 0.25) is 0 Å². The van der Waals surface area contributed by atoms with Crippen LogP contribution in [0.1, 0.15) is 47.0 Å². The van der Waals surface area contributed by atoms with Crippen molar-refractivity contribution >= 4 is 9.84 Å². The molecule has 1 fully saturated rings. The van der Waals surface area contributed by atoms with Gasteiger partial charge in [-0.2, -0.15) is 0 Å². The monoisotopic (exact) mass is 232 g/mol. The van der Waals surface area contributed by atoms with E-state index in [1.807, 2.05) is 6.92 Å². The minimum atomic E-state index is -2.76. The van der Waals surface area contributed by atoms with Crippen molar-refractivity contribution in [1.82, 2.24) is 0 Å². The maximum absolute atomic E-state index is 11.6. The summed E-state index contributed by atoms with van der Waals surface area (Å²) in [6, 6.07) is 0. The van der Waals surface area contributed by atoms with Gasteiger partial charge in [0.25, 0.3) is 0 Å². The second-order valence-electron chi connectivity index (χ2n) is 6.01. The fourth-order valence-electron chi connectivity index (χ4n) is 2.33. The van der Waals surface area contributed by atoms with Crippen LogP contribution in [0.4, 0.5) is 0 Å². The lowest BCUT2D eigenvalue weighted by molar-refractivity contribution is 0.0879. The van der Waals surface area contributed by atoms with Crippen LogP contribution in [-0.2, 0) is 9.84 Å². The van der Waals surface area contributed by atoms with Crippen molar-refractivity contribution in [2.45, 2.75) is 47.0 Å². The Morgan fingerprint density at radius 3 is 2.13 bits per heavy atom. The summed E-state index contributed by atoms with van der Waals surface area (Å²) in [5.41, 5.74) is 0.352. The van der Waals surface area contributed by atoms with Gasteiger partial charge in [0.05, 0.1) is 5.75 Å². The van der Waals surface area contributed by atoms with Gasteiger partial charge in [-0.15, -0.1) is 0 Å². The van der Waals surface area contributed by atoms with Crippen LogP contribution in [0.5, 0.6) is 0 Å². The molecule has 1 rings (SSSR count). The summed E-state index contributed by atoms with van der Waals surface area (Å²) in [5.74, 6) is 1.95. The Morgan fingerprint density at radius 1 is 1.20 bits per heavy atom. The van der Waals surface area contributed by atoms with Crippen molar-refractivity contribution in [2.24, 2.45) is 17.3 Å². The molecule has 0 radical (unpaired) electrons. The van der Waals surface area contributed by atoms with Crippen molar-refractivity contribution < 1.29 is 8.42 Å². The van der Waals surface area contributed by atoms with Gasteiger partial charge in [0.1, 0.15) is 0 Å². The smallest absolute Gasteiger partial charge is 0.150 e. The summed E-state index contributed by atoms with van der Waals surface area (Å²) < 4.78 is 23.2. The van der Waals surface area contributed by atoms with Crippen molar-refractivity contribution in [1.29, 1.82) is 0 Å². The molecule has 0 aliphatic heterocycles. The van der Waals surface area contributed by atoms with Crippen molar-refractivity contribution in [3.8, 4) is 0 Å². The molecular formula is C12H24O2S. The van der Waals surface area contributed by atoms with E-state index in [9.17, 15) is 8.42 Å². The third-order valence-electron chi connectivity index (χ3n) is 3.47. The number of sulfone groups is 1. The van der Waals surface area contributed by atoms with E-state index >= 15 is 0 Å². The van der Waals surface area contributed by atoms with Crippen LogP contribution in [0.15, 0.2) is 0 Å². The molecule has 15 heavy (non-hydrogen) atoms. The van der Waals surface area contributed by atoms with Crippen LogP contribution in [0, 0.1) is 17.3 Å². The van der Waals surface area contributed by atoms with E-state index in [1.54, 1.807) is 0 Å². The fraction of sp³-hybridized carbons (Fsp3) is 1.00. The lowest BCUT2D eigenvalue weighted by Crippen LogP contribution is -2.37. The molecule has 0 saturated heterocycles. The fourth-order valence-corrected chi connectivity index (χ4v) is 4.11. The Kier molecular flexibility index (Phi) is 3.85. The van der Waals surface area contributed by atoms with Gasteiger partial charge in [0.15, 0.2) is 9.84 Å². The maximum atomic E-state index is 11.6. The minimum absolute atomic E-state index is 0.352. The van der Waals surface area contributed by atoms with E-state index in [1.165, 1.54) is 0 Å². The van der Waals surface area contributed by atoms with Gasteiger partial charge in [-0.25, -0.2) is 8.42 Å². The zero-order valence-corrected chi connectivity index (χ0v) is 11.2. The Labute approximate surface area is 94.4 Å². The Morgan fingerprint density at radius 2 is 1.73 bits per heavy atom. The van der Waals surface area contributed by atoms with Crippen LogP contribution in [-0.4, -0.2) is 19.9 Å². The Hall–Kier alpha value is -0.0500. The Bertz CT molecular complexity index is 292. The quantitative estimate of drug-likeness (QED) is 0.747. The van der Waals surface area contributed by atoms with Gasteiger partial charge in [-0.3, -0.25) is 0 Å². The van der Waals surface area contributed by atoms with E-state index in [0.717, 1.165) is 25.2 Å². The minimum Gasteiger partial charge on any atom is -0.229 e. The van der Waals surface area contributed by atoms with Crippen molar-refractivity contribution in [3.63, 3.8) is 0 Å². The van der Waals surface area contributed by atoms with Crippen LogP contribution in [0.2, 0.25) is 0 Å². The van der Waals surface area contributed by atoms with E-state index in [0.29, 0.717) is 22.8 Å². The molecule has 0 amide bonds. The lowest BCUT2D eigenvalue weighted by atomic mass is 9.64. The largest absolute Gasteiger partial charge is 0.229 e. The second-order valence-corrected chi connectivity index (χ2v) is 8.24. The zero-order valence-electron chi connectivity index (χ0n) is 10.4. The summed E-state index contributed by atoms with van der Waals surface area (Å²) in [4.78, 5) is 0. The standard InChI is InChI=1S/C12H24O2S/c1-5-6-15(13,14)9-10-7-11(8-10)12(2,3)4/h10-11H,5-9H2,1-4H3. The first-order valence-electron chi connectivity index (χ1n) is 5.95. The van der Waals surface area contributed by atoms with Crippen LogP contribution >= 0.6 is 0 Å². The first-order valence-corrected chi connectivity index (χ1v) is 7.77. The van der Waals surface area contributed by atoms with Gasteiger partial charge >= 0.3 is 0 Å². The molecule has 0 heterocycles. The molecule has 2 nitrogen and oxygen atoms in total. The third kappa shape index (κ3) is 3.78. The molecule has 0 unspecified atom stereocenters. The normalized spacial score (nSPS) is 27.5. The summed E-state index contributed by atoms with van der Waals surface area (Å²) in [7, 11) is -2.76. The molecule has 0 aromatic rings. The van der Waals surface area contributed by atoms with E-state index in [4.69, 9.17) is 0 Å². The van der Waals surface area contributed by atoms with Crippen LogP contribution in [0.3, 0.4) is 0 Å². The average Bonchev–Trinajstić information content (AvgIpc) is 1.93. The summed E-state index contributed by atoms with van der Waals surface area (Å²) in [6.07, 6.45) is 2.96.